The van der Waals surface area contributed by atoms with E-state index in [1.54, 1.807) is 7.11 Å². The van der Waals surface area contributed by atoms with Crippen molar-refractivity contribution < 1.29 is 14.3 Å². The molecule has 2 heterocycles. The van der Waals surface area contributed by atoms with Gasteiger partial charge in [-0.25, -0.2) is 4.98 Å². The number of carbonyl (C=O) groups excluding carboxylic acids is 1. The van der Waals surface area contributed by atoms with E-state index in [-0.39, 0.29) is 11.9 Å². The number of nitrogens with zero attached hydrogens (tertiary/aromatic N) is 3. The number of carbonyl (C=O) groups is 1. The van der Waals surface area contributed by atoms with E-state index >= 15 is 0 Å². The predicted octanol–water partition coefficient (Wildman–Crippen LogP) is 4.70. The average Bonchev–Trinajstić information content (AvgIpc) is 3.60. The Morgan fingerprint density at radius 2 is 2.06 bits per heavy atom. The van der Waals surface area contributed by atoms with Crippen LogP contribution >= 0.6 is 0 Å². The van der Waals surface area contributed by atoms with Crippen LogP contribution in [0.15, 0.2) is 36.7 Å². The lowest BCUT2D eigenvalue weighted by atomic mass is 10.0. The second kappa shape index (κ2) is 9.17. The molecule has 0 bridgehead atoms. The fourth-order valence-corrected chi connectivity index (χ4v) is 4.68. The average molecular weight is 445 g/mol. The summed E-state index contributed by atoms with van der Waals surface area (Å²) in [7, 11) is 1.62. The van der Waals surface area contributed by atoms with Crippen LogP contribution in [0, 0.1) is 0 Å². The van der Waals surface area contributed by atoms with E-state index in [2.05, 4.69) is 16.3 Å². The Labute approximate surface area is 193 Å². The molecule has 7 heteroatoms. The van der Waals surface area contributed by atoms with Crippen LogP contribution in [0.1, 0.15) is 77.6 Å². The van der Waals surface area contributed by atoms with Crippen molar-refractivity contribution in [3.63, 3.8) is 0 Å². The molecule has 170 valence electrons. The number of hydrogen-bond donors (Lipinski definition) is 1. The number of H-pyrrole nitrogens is 1. The van der Waals surface area contributed by atoms with Crippen molar-refractivity contribution in [2.45, 2.75) is 58.0 Å². The third kappa shape index (κ3) is 4.27. The van der Waals surface area contributed by atoms with Crippen LogP contribution < -0.4 is 9.47 Å². The first-order valence-corrected chi connectivity index (χ1v) is 11.6. The number of benzene rings is 1. The van der Waals surface area contributed by atoms with E-state index in [0.717, 1.165) is 47.2 Å². The van der Waals surface area contributed by atoms with Gasteiger partial charge < -0.3 is 9.47 Å². The van der Waals surface area contributed by atoms with Crippen LogP contribution in [0.25, 0.3) is 5.57 Å². The number of aromatic amines is 1. The molecule has 5 rings (SSSR count). The second-order valence-corrected chi connectivity index (χ2v) is 8.58. The van der Waals surface area contributed by atoms with Gasteiger partial charge in [0.2, 0.25) is 5.88 Å². The van der Waals surface area contributed by atoms with Crippen molar-refractivity contribution in [2.24, 2.45) is 0 Å². The molecule has 1 N–H and O–H groups in total. The Morgan fingerprint density at radius 1 is 1.21 bits per heavy atom. The minimum Gasteiger partial charge on any atom is -0.496 e. The van der Waals surface area contributed by atoms with Gasteiger partial charge in [-0.05, 0) is 37.3 Å². The number of fused-ring (bicyclic) bond motifs is 1. The summed E-state index contributed by atoms with van der Waals surface area (Å²) in [5, 5.41) is 7.00. The van der Waals surface area contributed by atoms with Gasteiger partial charge in [0.05, 0.1) is 24.6 Å². The van der Waals surface area contributed by atoms with Crippen molar-refractivity contribution in [1.82, 2.24) is 20.2 Å². The molecule has 1 saturated carbocycles. The summed E-state index contributed by atoms with van der Waals surface area (Å²) in [6.45, 7) is 1.86. The molecule has 7 nitrogen and oxygen atoms in total. The molecular weight excluding hydrogens is 416 g/mol. The fourth-order valence-electron chi connectivity index (χ4n) is 4.68. The van der Waals surface area contributed by atoms with E-state index in [1.165, 1.54) is 12.8 Å². The molecule has 0 radical (unpaired) electrons. The van der Waals surface area contributed by atoms with Crippen LogP contribution in [0.3, 0.4) is 0 Å². The van der Waals surface area contributed by atoms with E-state index in [0.29, 0.717) is 35.9 Å². The fraction of sp³-hybridized carbons (Fsp3) is 0.385. The Hall–Kier alpha value is -3.48. The largest absolute Gasteiger partial charge is 0.496 e. The third-order valence-electron chi connectivity index (χ3n) is 6.43. The van der Waals surface area contributed by atoms with Crippen LogP contribution in [0.2, 0.25) is 0 Å². The summed E-state index contributed by atoms with van der Waals surface area (Å²) < 4.78 is 12.0. The zero-order valence-electron chi connectivity index (χ0n) is 19.1. The first-order chi connectivity index (χ1) is 16.2. The quantitative estimate of drug-likeness (QED) is 0.507. The molecular formula is C26H28N4O3. The van der Waals surface area contributed by atoms with Gasteiger partial charge in [0, 0.05) is 42.1 Å². The van der Waals surface area contributed by atoms with Crippen molar-refractivity contribution in [3.05, 3.63) is 70.4 Å². The lowest BCUT2D eigenvalue weighted by Crippen LogP contribution is -2.15. The highest BCUT2D eigenvalue weighted by atomic mass is 16.5. The molecule has 0 spiro atoms. The van der Waals surface area contributed by atoms with E-state index in [4.69, 9.17) is 19.4 Å². The Morgan fingerprint density at radius 3 is 2.79 bits per heavy atom. The summed E-state index contributed by atoms with van der Waals surface area (Å²) in [6, 6.07) is 5.60. The van der Waals surface area contributed by atoms with Crippen molar-refractivity contribution in [3.8, 4) is 11.6 Å². The molecule has 2 aliphatic carbocycles. The summed E-state index contributed by atoms with van der Waals surface area (Å²) in [5.41, 5.74) is 5.63. The molecule has 2 aromatic heterocycles. The summed E-state index contributed by atoms with van der Waals surface area (Å²) in [4.78, 5) is 21.9. The smallest absolute Gasteiger partial charge is 0.225 e. The predicted molar refractivity (Wildman–Crippen MR) is 125 cm³/mol. The summed E-state index contributed by atoms with van der Waals surface area (Å²) >= 11 is 0. The number of Topliss-reactive ketones (excluding diaryl/α,β-unsaturated/α-hetero) is 1. The molecule has 33 heavy (non-hydrogen) atoms. The number of nitrogens with one attached hydrogen (secondary N) is 1. The number of ketones is 1. The highest BCUT2D eigenvalue weighted by Crippen LogP contribution is 2.39. The maximum absolute atomic E-state index is 12.1. The van der Waals surface area contributed by atoms with Crippen molar-refractivity contribution in [2.75, 3.05) is 7.11 Å². The number of allylic oxidation sites excluding steroid dienone is 1. The third-order valence-corrected chi connectivity index (χ3v) is 6.43. The zero-order chi connectivity index (χ0) is 22.8. The van der Waals surface area contributed by atoms with Crippen LogP contribution in [0.5, 0.6) is 11.6 Å². The molecule has 0 saturated heterocycles. The lowest BCUT2D eigenvalue weighted by Gasteiger charge is -2.18. The lowest BCUT2D eigenvalue weighted by molar-refractivity contribution is 0.0988. The highest BCUT2D eigenvalue weighted by molar-refractivity contribution is 5.96. The molecule has 1 aromatic carbocycles. The number of aromatic nitrogens is 4. The van der Waals surface area contributed by atoms with E-state index in [1.807, 2.05) is 37.5 Å². The van der Waals surface area contributed by atoms with Crippen molar-refractivity contribution in [1.29, 1.82) is 0 Å². The van der Waals surface area contributed by atoms with Gasteiger partial charge >= 0.3 is 0 Å². The molecule has 3 aromatic rings. The monoisotopic (exact) mass is 444 g/mol. The number of rotatable bonds is 8. The zero-order valence-corrected chi connectivity index (χ0v) is 19.1. The summed E-state index contributed by atoms with van der Waals surface area (Å²) in [5.74, 6) is 2.12. The Balaban J connectivity index is 1.50. The van der Waals surface area contributed by atoms with Gasteiger partial charge in [0.1, 0.15) is 17.7 Å². The summed E-state index contributed by atoms with van der Waals surface area (Å²) in [6.07, 6.45) is 12.2. The molecule has 0 aliphatic heterocycles. The highest BCUT2D eigenvalue weighted by Gasteiger charge is 2.28. The maximum Gasteiger partial charge on any atom is 0.225 e. The molecule has 2 aliphatic rings. The first kappa shape index (κ1) is 21.4. The molecule has 0 atom stereocenters. The maximum atomic E-state index is 12.1. The van der Waals surface area contributed by atoms with E-state index < -0.39 is 0 Å². The number of methoxy groups -OCH3 is 1. The van der Waals surface area contributed by atoms with Gasteiger partial charge in [-0.2, -0.15) is 10.1 Å². The number of hydrogen-bond acceptors (Lipinski definition) is 6. The van der Waals surface area contributed by atoms with Gasteiger partial charge in [0.15, 0.2) is 5.78 Å². The molecule has 1 fully saturated rings. The van der Waals surface area contributed by atoms with Crippen LogP contribution in [-0.4, -0.2) is 39.2 Å². The minimum atomic E-state index is 0.0960. The standard InChI is InChI=1S/C26H28N4O3/c1-3-22(31)16-8-9-17(23(12-16)32-2)13-24-29-21-11-10-20(18-14-27-28-15-18)25(21)26(30-24)33-19-6-4-5-7-19/h8-10,12,14-15,19H,3-7,11,13H2,1-2H3,(H,27,28). The van der Waals surface area contributed by atoms with Crippen LogP contribution in [-0.2, 0) is 12.8 Å². The van der Waals surface area contributed by atoms with Gasteiger partial charge in [0.25, 0.3) is 0 Å². The Bertz CT molecular complexity index is 1190. The topological polar surface area (TPSA) is 90.0 Å². The van der Waals surface area contributed by atoms with Gasteiger partial charge in [-0.3, -0.25) is 9.89 Å². The SMILES string of the molecule is CCC(=O)c1ccc(Cc2nc3c(c(OC4CCCC4)n2)C(c2cn[nH]c2)=CC3)c(OC)c1. The first-order valence-electron chi connectivity index (χ1n) is 11.6. The van der Waals surface area contributed by atoms with Crippen molar-refractivity contribution >= 4 is 11.4 Å². The second-order valence-electron chi connectivity index (χ2n) is 8.58. The van der Waals surface area contributed by atoms with Gasteiger partial charge in [-0.1, -0.05) is 25.1 Å². The van der Waals surface area contributed by atoms with Gasteiger partial charge in [-0.15, -0.1) is 0 Å². The molecule has 0 amide bonds. The van der Waals surface area contributed by atoms with Crippen LogP contribution in [0.4, 0.5) is 0 Å². The minimum absolute atomic E-state index is 0.0960. The number of ether oxygens (including phenoxy) is 2. The Kier molecular flexibility index (Phi) is 5.94. The van der Waals surface area contributed by atoms with E-state index in [9.17, 15) is 4.79 Å². The normalized spacial score (nSPS) is 15.4. The molecule has 0 unspecified atom stereocenters.